The minimum absolute atomic E-state index is 0.0461. The number of nitrogens with zero attached hydrogens (tertiary/aromatic N) is 8. The van der Waals surface area contributed by atoms with Gasteiger partial charge in [0.05, 0.1) is 18.0 Å². The monoisotopic (exact) mass is 529 g/mol. The number of fused-ring (bicyclic) bond motifs is 1. The van der Waals surface area contributed by atoms with E-state index in [1.165, 1.54) is 4.90 Å². The number of azide groups is 1. The summed E-state index contributed by atoms with van der Waals surface area (Å²) in [5.74, 6) is -0.280. The first-order valence-electron chi connectivity index (χ1n) is 13.1. The van der Waals surface area contributed by atoms with Crippen LogP contribution in [0.5, 0.6) is 0 Å². The molecular formula is C27H31N9O3. The molecule has 202 valence electrons. The van der Waals surface area contributed by atoms with Gasteiger partial charge in [-0.3, -0.25) is 14.5 Å². The molecule has 0 aliphatic carbocycles. The molecule has 0 saturated carbocycles. The third-order valence-electron chi connectivity index (χ3n) is 7.56. The van der Waals surface area contributed by atoms with Gasteiger partial charge in [0.15, 0.2) is 6.19 Å². The van der Waals surface area contributed by atoms with Crippen molar-refractivity contribution in [2.75, 3.05) is 61.2 Å². The number of anilines is 4. The van der Waals surface area contributed by atoms with Crippen LogP contribution in [-0.2, 0) is 9.53 Å². The van der Waals surface area contributed by atoms with E-state index in [0.29, 0.717) is 57.3 Å². The number of amides is 2. The van der Waals surface area contributed by atoms with E-state index in [9.17, 15) is 14.9 Å². The highest BCUT2D eigenvalue weighted by molar-refractivity contribution is 6.08. The van der Waals surface area contributed by atoms with Crippen molar-refractivity contribution in [3.05, 3.63) is 58.5 Å². The maximum absolute atomic E-state index is 13.2. The Kier molecular flexibility index (Phi) is 7.84. The van der Waals surface area contributed by atoms with E-state index >= 15 is 0 Å². The maximum Gasteiger partial charge on any atom is 0.262 e. The van der Waals surface area contributed by atoms with Gasteiger partial charge in [-0.05, 0) is 61.7 Å². The third-order valence-corrected chi connectivity index (χ3v) is 7.56. The van der Waals surface area contributed by atoms with Gasteiger partial charge in [-0.1, -0.05) is 11.2 Å². The summed E-state index contributed by atoms with van der Waals surface area (Å²) in [6, 6.07) is 12.7. The first-order chi connectivity index (χ1) is 19.0. The second-order valence-corrected chi connectivity index (χ2v) is 9.89. The van der Waals surface area contributed by atoms with Crippen LogP contribution in [-0.4, -0.2) is 79.8 Å². The van der Waals surface area contributed by atoms with Gasteiger partial charge in [0, 0.05) is 67.3 Å². The van der Waals surface area contributed by atoms with Crippen LogP contribution in [0.25, 0.3) is 10.4 Å². The predicted octanol–water partition coefficient (Wildman–Crippen LogP) is 3.66. The number of nitriles is 1. The molecule has 2 aromatic carbocycles. The van der Waals surface area contributed by atoms with Crippen LogP contribution in [0.4, 0.5) is 22.7 Å². The summed E-state index contributed by atoms with van der Waals surface area (Å²) in [5.41, 5.74) is 12.1. The summed E-state index contributed by atoms with van der Waals surface area (Å²) in [5, 5.41) is 16.7. The molecule has 0 unspecified atom stereocenters. The van der Waals surface area contributed by atoms with Crippen LogP contribution in [0, 0.1) is 11.5 Å². The Bertz CT molecular complexity index is 1320. The van der Waals surface area contributed by atoms with Gasteiger partial charge in [0.1, 0.15) is 6.04 Å². The first-order valence-corrected chi connectivity index (χ1v) is 13.1. The molecule has 2 aromatic rings. The van der Waals surface area contributed by atoms with Gasteiger partial charge in [-0.2, -0.15) is 5.26 Å². The molecule has 0 radical (unpaired) electrons. The van der Waals surface area contributed by atoms with Gasteiger partial charge in [0.25, 0.3) is 11.8 Å². The molecule has 3 aliphatic heterocycles. The van der Waals surface area contributed by atoms with Crippen molar-refractivity contribution in [2.24, 2.45) is 5.11 Å². The Balaban J connectivity index is 1.35. The van der Waals surface area contributed by atoms with Gasteiger partial charge >= 0.3 is 0 Å². The van der Waals surface area contributed by atoms with Crippen LogP contribution >= 0.6 is 0 Å². The average molecular weight is 530 g/mol. The number of hydrogen-bond acceptors (Lipinski definition) is 8. The molecule has 3 heterocycles. The largest absolute Gasteiger partial charge is 0.381 e. The summed E-state index contributed by atoms with van der Waals surface area (Å²) in [4.78, 5) is 36.1. The normalized spacial score (nSPS) is 20.2. The summed E-state index contributed by atoms with van der Waals surface area (Å²) < 4.78 is 5.54. The topological polar surface area (TPSA) is 141 Å². The molecule has 1 N–H and O–H groups in total. The van der Waals surface area contributed by atoms with Gasteiger partial charge in [-0.25, -0.2) is 4.90 Å². The number of carbonyl (C=O) groups excluding carboxylic acids is 2. The Labute approximate surface area is 226 Å². The van der Waals surface area contributed by atoms with E-state index < -0.39 is 6.04 Å². The lowest BCUT2D eigenvalue weighted by molar-refractivity contribution is -0.119. The highest BCUT2D eigenvalue weighted by Gasteiger charge is 2.39. The molecule has 0 aromatic heterocycles. The van der Waals surface area contributed by atoms with Crippen molar-refractivity contribution in [3.8, 4) is 6.19 Å². The fourth-order valence-electron chi connectivity index (χ4n) is 5.50. The zero-order chi connectivity index (χ0) is 27.4. The van der Waals surface area contributed by atoms with Crippen molar-refractivity contribution in [3.63, 3.8) is 0 Å². The van der Waals surface area contributed by atoms with E-state index in [0.717, 1.165) is 29.9 Å². The zero-order valence-corrected chi connectivity index (χ0v) is 21.9. The molecule has 0 bridgehead atoms. The molecule has 2 saturated heterocycles. The molecule has 0 spiro atoms. The molecule has 12 nitrogen and oxygen atoms in total. The molecule has 3 aliphatic rings. The first kappa shape index (κ1) is 26.3. The fourth-order valence-corrected chi connectivity index (χ4v) is 5.50. The Morgan fingerprint density at radius 3 is 2.59 bits per heavy atom. The molecule has 2 amide bonds. The molecule has 1 atom stereocenters. The number of piperazine rings is 1. The van der Waals surface area contributed by atoms with E-state index in [-0.39, 0.29) is 17.9 Å². The minimum Gasteiger partial charge on any atom is -0.381 e. The number of nitrogens with one attached hydrogen (secondary N) is 1. The molecule has 12 heteroatoms. The fraction of sp³-hybridized carbons (Fsp3) is 0.444. The predicted molar refractivity (Wildman–Crippen MR) is 147 cm³/mol. The molecule has 2 fully saturated rings. The average Bonchev–Trinajstić information content (AvgIpc) is 2.97. The Hall–Kier alpha value is -4.30. The second kappa shape index (κ2) is 11.6. The third kappa shape index (κ3) is 5.47. The highest BCUT2D eigenvalue weighted by atomic mass is 16.5. The van der Waals surface area contributed by atoms with Crippen LogP contribution in [0.3, 0.4) is 0 Å². The van der Waals surface area contributed by atoms with Crippen molar-refractivity contribution < 1.29 is 14.3 Å². The highest BCUT2D eigenvalue weighted by Crippen LogP contribution is 2.41. The summed E-state index contributed by atoms with van der Waals surface area (Å²) in [6.45, 7) is 5.87. The Morgan fingerprint density at radius 1 is 1.13 bits per heavy atom. The van der Waals surface area contributed by atoms with E-state index in [1.54, 1.807) is 12.1 Å². The molecule has 39 heavy (non-hydrogen) atoms. The van der Waals surface area contributed by atoms with Crippen molar-refractivity contribution in [1.29, 1.82) is 5.26 Å². The number of ether oxygens (including phenoxy) is 1. The standard InChI is InChI=1S/C27H31N9O3/c1-19-26(37)35(17-28)24-6-5-22(16-25(24)36(19)23-7-13-39-14-8-23)31-21-4-2-3-20(15-21)27(38)34-11-9-33(10-12-34)18-30-32-29/h2-6,15-16,19,23,31H,7-14,18H2,1H3/t19-/m1/s1. The van der Waals surface area contributed by atoms with Crippen molar-refractivity contribution in [1.82, 2.24) is 9.80 Å². The van der Waals surface area contributed by atoms with E-state index in [2.05, 4.69) is 20.2 Å². The van der Waals surface area contributed by atoms with Gasteiger partial charge in [0.2, 0.25) is 0 Å². The van der Waals surface area contributed by atoms with Crippen LogP contribution < -0.4 is 15.1 Å². The van der Waals surface area contributed by atoms with E-state index in [1.807, 2.05) is 53.2 Å². The zero-order valence-electron chi connectivity index (χ0n) is 21.9. The van der Waals surface area contributed by atoms with Crippen LogP contribution in [0.1, 0.15) is 30.1 Å². The molecular weight excluding hydrogens is 498 g/mol. The minimum atomic E-state index is -0.469. The van der Waals surface area contributed by atoms with Gasteiger partial charge < -0.3 is 19.9 Å². The van der Waals surface area contributed by atoms with Crippen molar-refractivity contribution in [2.45, 2.75) is 31.8 Å². The number of carbonyl (C=O) groups is 2. The number of hydrogen-bond donors (Lipinski definition) is 1. The second-order valence-electron chi connectivity index (χ2n) is 9.89. The lowest BCUT2D eigenvalue weighted by atomic mass is 9.99. The summed E-state index contributed by atoms with van der Waals surface area (Å²) in [6.07, 6.45) is 3.66. The Morgan fingerprint density at radius 2 is 1.87 bits per heavy atom. The van der Waals surface area contributed by atoms with Crippen LogP contribution in [0.15, 0.2) is 47.6 Å². The lowest BCUT2D eigenvalue weighted by Crippen LogP contribution is -2.55. The maximum atomic E-state index is 13.2. The number of rotatable bonds is 6. The van der Waals surface area contributed by atoms with Gasteiger partial charge in [-0.15, -0.1) is 0 Å². The SMILES string of the molecule is C[C@@H]1C(=O)N(C#N)c2ccc(Nc3cccc(C(=O)N4CCN(CN=[N+]=[N-])CC4)c3)cc2N1C1CCOCC1. The summed E-state index contributed by atoms with van der Waals surface area (Å²) >= 11 is 0. The molecule has 5 rings (SSSR count). The van der Waals surface area contributed by atoms with Crippen molar-refractivity contribution >= 4 is 34.6 Å². The van der Waals surface area contributed by atoms with E-state index in [4.69, 9.17) is 10.3 Å². The summed E-state index contributed by atoms with van der Waals surface area (Å²) in [7, 11) is 0. The lowest BCUT2D eigenvalue weighted by Gasteiger charge is -2.44. The number of benzene rings is 2. The quantitative estimate of drug-likeness (QED) is 0.261. The van der Waals surface area contributed by atoms with Crippen LogP contribution in [0.2, 0.25) is 0 Å². The smallest absolute Gasteiger partial charge is 0.262 e.